The summed E-state index contributed by atoms with van der Waals surface area (Å²) in [6.45, 7) is 0. The average molecular weight is 303 g/mol. The zero-order valence-corrected chi connectivity index (χ0v) is 11.8. The minimum Gasteiger partial charge on any atom is -0.481 e. The molecule has 0 amide bonds. The van der Waals surface area contributed by atoms with Crippen molar-refractivity contribution in [1.82, 2.24) is 14.6 Å². The van der Waals surface area contributed by atoms with Gasteiger partial charge in [-0.1, -0.05) is 23.1 Å². The van der Waals surface area contributed by atoms with Crippen molar-refractivity contribution >= 4 is 45.8 Å². The molecule has 0 bridgehead atoms. The van der Waals surface area contributed by atoms with Crippen LogP contribution in [0.5, 0.6) is 0 Å². The van der Waals surface area contributed by atoms with Crippen molar-refractivity contribution in [2.75, 3.05) is 12.0 Å². The van der Waals surface area contributed by atoms with E-state index in [1.165, 1.54) is 45.4 Å². The molecule has 0 aliphatic rings. The molecule has 0 aromatic carbocycles. The zero-order chi connectivity index (χ0) is 13.1. The van der Waals surface area contributed by atoms with E-state index in [2.05, 4.69) is 10.1 Å². The van der Waals surface area contributed by atoms with Crippen LogP contribution in [-0.2, 0) is 10.5 Å². The van der Waals surface area contributed by atoms with Crippen molar-refractivity contribution < 1.29 is 9.90 Å². The second kappa shape index (κ2) is 5.72. The molecule has 2 heterocycles. The number of carboxylic acid groups (broad SMARTS) is 1. The van der Waals surface area contributed by atoms with E-state index in [0.717, 1.165) is 4.34 Å². The van der Waals surface area contributed by atoms with Gasteiger partial charge in [0.2, 0.25) is 4.96 Å². The van der Waals surface area contributed by atoms with Gasteiger partial charge in [-0.05, 0) is 6.26 Å². The number of hydrogen-bond donors (Lipinski definition) is 1. The summed E-state index contributed by atoms with van der Waals surface area (Å²) in [6, 6.07) is 1.39. The molecule has 1 N–H and O–H groups in total. The number of thioether (sulfide) groups is 2. The average Bonchev–Trinajstić information content (AvgIpc) is 2.72. The van der Waals surface area contributed by atoms with Gasteiger partial charge >= 0.3 is 5.97 Å². The van der Waals surface area contributed by atoms with E-state index >= 15 is 0 Å². The Labute approximate surface area is 114 Å². The van der Waals surface area contributed by atoms with Crippen LogP contribution in [0.3, 0.4) is 0 Å². The third kappa shape index (κ3) is 3.03. The lowest BCUT2D eigenvalue weighted by Crippen LogP contribution is -2.15. The molecule has 9 heteroatoms. The summed E-state index contributed by atoms with van der Waals surface area (Å²) in [5, 5.41) is 12.6. The molecule has 0 radical (unpaired) electrons. The molecule has 6 nitrogen and oxygen atoms in total. The van der Waals surface area contributed by atoms with Gasteiger partial charge in [0.05, 0.1) is 11.4 Å². The first-order valence-electron chi connectivity index (χ1n) is 4.83. The van der Waals surface area contributed by atoms with Crippen molar-refractivity contribution in [3.05, 3.63) is 22.1 Å². The molecule has 0 saturated heterocycles. The van der Waals surface area contributed by atoms with Gasteiger partial charge in [0.1, 0.15) is 0 Å². The summed E-state index contributed by atoms with van der Waals surface area (Å²) in [5.41, 5.74) is 0.352. The fourth-order valence-electron chi connectivity index (χ4n) is 1.24. The Kier molecular flexibility index (Phi) is 4.25. The number of carbonyl (C=O) groups is 1. The molecule has 0 saturated carbocycles. The van der Waals surface area contributed by atoms with E-state index in [4.69, 9.17) is 5.11 Å². The van der Waals surface area contributed by atoms with Crippen molar-refractivity contribution in [2.24, 2.45) is 0 Å². The Hall–Kier alpha value is -1.06. The van der Waals surface area contributed by atoms with Crippen molar-refractivity contribution in [2.45, 2.75) is 10.1 Å². The van der Waals surface area contributed by atoms with Crippen LogP contribution in [-0.4, -0.2) is 37.7 Å². The van der Waals surface area contributed by atoms with Crippen LogP contribution < -0.4 is 5.56 Å². The number of nitrogens with zero attached hydrogens (tertiary/aromatic N) is 3. The predicted octanol–water partition coefficient (Wildman–Crippen LogP) is 1.19. The Morgan fingerprint density at radius 3 is 3.06 bits per heavy atom. The maximum absolute atomic E-state index is 11.8. The first-order valence-corrected chi connectivity index (χ1v) is 8.03. The second-order valence-corrected chi connectivity index (χ2v) is 6.23. The molecular weight excluding hydrogens is 294 g/mol. The van der Waals surface area contributed by atoms with Crippen LogP contribution >= 0.6 is 34.9 Å². The maximum atomic E-state index is 11.8. The van der Waals surface area contributed by atoms with E-state index in [1.807, 2.05) is 6.26 Å². The van der Waals surface area contributed by atoms with Gasteiger partial charge in [-0.15, -0.1) is 16.9 Å². The molecular formula is C9H9N3O3S3. The zero-order valence-electron chi connectivity index (χ0n) is 9.32. The van der Waals surface area contributed by atoms with E-state index in [9.17, 15) is 9.59 Å². The Morgan fingerprint density at radius 1 is 1.61 bits per heavy atom. The number of rotatable bonds is 5. The van der Waals surface area contributed by atoms with Crippen molar-refractivity contribution in [3.63, 3.8) is 0 Å². The molecule has 0 aliphatic heterocycles. The summed E-state index contributed by atoms with van der Waals surface area (Å²) in [7, 11) is 0. The SMILES string of the molecule is CSc1nn2c(=O)cc(CSCC(=O)O)nc2s1. The predicted molar refractivity (Wildman–Crippen MR) is 72.7 cm³/mol. The standard InChI is InChI=1S/C9H9N3O3S3/c1-16-9-11-12-6(13)2-5(10-8(12)18-9)3-17-4-7(14)15/h2H,3-4H2,1H3,(H,14,15). The lowest BCUT2D eigenvalue weighted by molar-refractivity contribution is -0.133. The van der Waals surface area contributed by atoms with Crippen LogP contribution in [0.25, 0.3) is 4.96 Å². The highest BCUT2D eigenvalue weighted by Crippen LogP contribution is 2.21. The summed E-state index contributed by atoms with van der Waals surface area (Å²) in [5.74, 6) is -0.468. The molecule has 96 valence electrons. The first-order chi connectivity index (χ1) is 8.60. The van der Waals surface area contributed by atoms with Crippen LogP contribution in [0.15, 0.2) is 15.2 Å². The van der Waals surface area contributed by atoms with Crippen LogP contribution in [0.1, 0.15) is 5.69 Å². The van der Waals surface area contributed by atoms with Crippen molar-refractivity contribution in [3.8, 4) is 0 Å². The fourth-order valence-corrected chi connectivity index (χ4v) is 3.25. The highest BCUT2D eigenvalue weighted by molar-refractivity contribution is 8.00. The first kappa shape index (κ1) is 13.4. The number of aromatic nitrogens is 3. The van der Waals surface area contributed by atoms with Gasteiger partial charge in [-0.2, -0.15) is 4.52 Å². The van der Waals surface area contributed by atoms with Gasteiger partial charge in [0, 0.05) is 11.8 Å². The van der Waals surface area contributed by atoms with Gasteiger partial charge in [-0.25, -0.2) is 4.98 Å². The highest BCUT2D eigenvalue weighted by atomic mass is 32.2. The monoisotopic (exact) mass is 303 g/mol. The topological polar surface area (TPSA) is 84.6 Å². The largest absolute Gasteiger partial charge is 0.481 e. The maximum Gasteiger partial charge on any atom is 0.313 e. The van der Waals surface area contributed by atoms with Crippen molar-refractivity contribution in [1.29, 1.82) is 0 Å². The minimum atomic E-state index is -0.875. The summed E-state index contributed by atoms with van der Waals surface area (Å²) < 4.78 is 2.04. The normalized spacial score (nSPS) is 10.9. The Morgan fingerprint density at radius 2 is 2.39 bits per heavy atom. The smallest absolute Gasteiger partial charge is 0.313 e. The molecule has 0 fully saturated rings. The molecule has 0 unspecified atom stereocenters. The van der Waals surface area contributed by atoms with Crippen LogP contribution in [0.2, 0.25) is 0 Å². The van der Waals surface area contributed by atoms with Crippen LogP contribution in [0, 0.1) is 0 Å². The Balaban J connectivity index is 2.25. The highest BCUT2D eigenvalue weighted by Gasteiger charge is 2.08. The van der Waals surface area contributed by atoms with E-state index < -0.39 is 5.97 Å². The number of fused-ring (bicyclic) bond motifs is 1. The van der Waals surface area contributed by atoms with Gasteiger partial charge in [0.25, 0.3) is 5.56 Å². The second-order valence-electron chi connectivity index (χ2n) is 3.24. The molecule has 18 heavy (non-hydrogen) atoms. The molecule has 2 aromatic heterocycles. The summed E-state index contributed by atoms with van der Waals surface area (Å²) in [6.07, 6.45) is 1.88. The van der Waals surface area contributed by atoms with Gasteiger partial charge < -0.3 is 5.11 Å². The fraction of sp³-hybridized carbons (Fsp3) is 0.333. The third-order valence-electron chi connectivity index (χ3n) is 1.93. The Bertz CT molecular complexity index is 637. The number of hydrogen-bond acceptors (Lipinski definition) is 7. The third-order valence-corrected chi connectivity index (χ3v) is 4.76. The van der Waals surface area contributed by atoms with E-state index in [1.54, 1.807) is 0 Å². The quantitative estimate of drug-likeness (QED) is 0.830. The lowest BCUT2D eigenvalue weighted by atomic mass is 10.4. The van der Waals surface area contributed by atoms with Crippen LogP contribution in [0.4, 0.5) is 0 Å². The minimum absolute atomic E-state index is 0.000196. The number of carboxylic acids is 1. The van der Waals surface area contributed by atoms with E-state index in [-0.39, 0.29) is 11.3 Å². The molecule has 0 spiro atoms. The van der Waals surface area contributed by atoms with Gasteiger partial charge in [0.15, 0.2) is 4.34 Å². The summed E-state index contributed by atoms with van der Waals surface area (Å²) in [4.78, 5) is 27.0. The number of aliphatic carboxylic acids is 1. The van der Waals surface area contributed by atoms with E-state index in [0.29, 0.717) is 16.4 Å². The molecule has 2 rings (SSSR count). The molecule has 0 aliphatic carbocycles. The summed E-state index contributed by atoms with van der Waals surface area (Å²) >= 11 is 4.01. The molecule has 0 atom stereocenters. The lowest BCUT2D eigenvalue weighted by Gasteiger charge is -1.98. The van der Waals surface area contributed by atoms with Gasteiger partial charge in [-0.3, -0.25) is 9.59 Å². The molecule has 2 aromatic rings.